The van der Waals surface area contributed by atoms with Crippen LogP contribution in [0.5, 0.6) is 0 Å². The summed E-state index contributed by atoms with van der Waals surface area (Å²) in [5.41, 5.74) is -0.0757. The van der Waals surface area contributed by atoms with E-state index in [1.165, 1.54) is 12.1 Å². The largest absolute Gasteiger partial charge is 0.444 e. The molecular formula is C20H26FN3O3. The molecule has 27 heavy (non-hydrogen) atoms. The Balaban J connectivity index is 1.68. The Morgan fingerprint density at radius 2 is 2.15 bits per heavy atom. The van der Waals surface area contributed by atoms with Gasteiger partial charge in [0.2, 0.25) is 0 Å². The van der Waals surface area contributed by atoms with E-state index >= 15 is 0 Å². The fourth-order valence-electron chi connectivity index (χ4n) is 3.59. The smallest absolute Gasteiger partial charge is 0.410 e. The maximum atomic E-state index is 13.9. The maximum absolute atomic E-state index is 13.9. The van der Waals surface area contributed by atoms with Gasteiger partial charge in [0.25, 0.3) is 0 Å². The number of fused-ring (bicyclic) bond motifs is 1. The van der Waals surface area contributed by atoms with Crippen LogP contribution in [0.1, 0.15) is 44.9 Å². The van der Waals surface area contributed by atoms with Gasteiger partial charge in [0, 0.05) is 26.2 Å². The van der Waals surface area contributed by atoms with Gasteiger partial charge in [0.15, 0.2) is 0 Å². The molecular weight excluding hydrogens is 349 g/mol. The Morgan fingerprint density at radius 1 is 1.41 bits per heavy atom. The van der Waals surface area contributed by atoms with E-state index in [1.807, 2.05) is 26.8 Å². The average molecular weight is 375 g/mol. The van der Waals surface area contributed by atoms with E-state index in [0.29, 0.717) is 32.8 Å². The van der Waals surface area contributed by atoms with E-state index in [2.05, 4.69) is 11.8 Å². The molecule has 0 aromatic heterocycles. The van der Waals surface area contributed by atoms with Crippen LogP contribution in [0.2, 0.25) is 0 Å². The summed E-state index contributed by atoms with van der Waals surface area (Å²) in [5, 5.41) is 8.88. The van der Waals surface area contributed by atoms with Gasteiger partial charge in [-0.05, 0) is 45.4 Å². The standard InChI is InChI=1S/C20H26FN3O3/c1-19(2,3)27-18(25)23-7-8-24-11-17(26-13-20(24,4)12-23)14-5-6-15(10-22)16(21)9-14/h5-6,9,17H,7-8,11-13H2,1-4H3/t17-,20+/m0/s1. The fourth-order valence-corrected chi connectivity index (χ4v) is 3.59. The molecule has 2 fully saturated rings. The lowest BCUT2D eigenvalue weighted by molar-refractivity contribution is -0.133. The van der Waals surface area contributed by atoms with Crippen molar-refractivity contribution in [3.63, 3.8) is 0 Å². The number of hydrogen-bond acceptors (Lipinski definition) is 5. The number of rotatable bonds is 1. The summed E-state index contributed by atoms with van der Waals surface area (Å²) >= 11 is 0. The van der Waals surface area contributed by atoms with Crippen LogP contribution in [-0.2, 0) is 9.47 Å². The molecule has 6 nitrogen and oxygen atoms in total. The summed E-state index contributed by atoms with van der Waals surface area (Å²) in [5.74, 6) is -0.526. The minimum absolute atomic E-state index is 0.0328. The number of morpholine rings is 1. The van der Waals surface area contributed by atoms with Crippen LogP contribution in [0.25, 0.3) is 0 Å². The van der Waals surface area contributed by atoms with Gasteiger partial charge in [-0.15, -0.1) is 0 Å². The molecule has 146 valence electrons. The summed E-state index contributed by atoms with van der Waals surface area (Å²) in [4.78, 5) is 16.4. The maximum Gasteiger partial charge on any atom is 0.410 e. The Bertz CT molecular complexity index is 771. The molecule has 0 aliphatic carbocycles. The van der Waals surface area contributed by atoms with Crippen LogP contribution in [0, 0.1) is 17.1 Å². The van der Waals surface area contributed by atoms with E-state index in [-0.39, 0.29) is 23.3 Å². The topological polar surface area (TPSA) is 65.8 Å². The molecule has 2 atom stereocenters. The first-order valence-electron chi connectivity index (χ1n) is 9.15. The van der Waals surface area contributed by atoms with Gasteiger partial charge in [-0.1, -0.05) is 6.07 Å². The molecule has 0 unspecified atom stereocenters. The number of hydrogen-bond donors (Lipinski definition) is 0. The van der Waals surface area contributed by atoms with Crippen molar-refractivity contribution in [1.82, 2.24) is 9.80 Å². The van der Waals surface area contributed by atoms with Gasteiger partial charge < -0.3 is 14.4 Å². The highest BCUT2D eigenvalue weighted by Gasteiger charge is 2.44. The van der Waals surface area contributed by atoms with Gasteiger partial charge in [0.1, 0.15) is 17.5 Å². The van der Waals surface area contributed by atoms with Crippen molar-refractivity contribution in [1.29, 1.82) is 5.26 Å². The van der Waals surface area contributed by atoms with Crippen molar-refractivity contribution in [3.8, 4) is 6.07 Å². The molecule has 1 aromatic carbocycles. The monoisotopic (exact) mass is 375 g/mol. The lowest BCUT2D eigenvalue weighted by Gasteiger charge is -2.52. The second-order valence-corrected chi connectivity index (χ2v) is 8.50. The Labute approximate surface area is 159 Å². The molecule has 3 rings (SSSR count). The highest BCUT2D eigenvalue weighted by molar-refractivity contribution is 5.68. The van der Waals surface area contributed by atoms with Gasteiger partial charge in [-0.3, -0.25) is 4.90 Å². The van der Waals surface area contributed by atoms with E-state index < -0.39 is 11.4 Å². The SMILES string of the molecule is CC(C)(C)OC(=O)N1CCN2C[C@@H](c3ccc(C#N)c(F)c3)OC[C@@]2(C)C1. The molecule has 0 radical (unpaired) electrons. The third-order valence-electron chi connectivity index (χ3n) is 5.05. The van der Waals surface area contributed by atoms with Crippen molar-refractivity contribution in [2.75, 3.05) is 32.8 Å². The van der Waals surface area contributed by atoms with Crippen LogP contribution >= 0.6 is 0 Å². The third-order valence-corrected chi connectivity index (χ3v) is 5.05. The predicted octanol–water partition coefficient (Wildman–Crippen LogP) is 3.08. The van der Waals surface area contributed by atoms with Crippen LogP contribution in [0.3, 0.4) is 0 Å². The van der Waals surface area contributed by atoms with Crippen LogP contribution in [0.4, 0.5) is 9.18 Å². The molecule has 2 aliphatic rings. The Morgan fingerprint density at radius 3 is 2.78 bits per heavy atom. The minimum Gasteiger partial charge on any atom is -0.444 e. The zero-order valence-corrected chi connectivity index (χ0v) is 16.3. The number of carbonyl (C=O) groups excluding carboxylic acids is 1. The highest BCUT2D eigenvalue weighted by Crippen LogP contribution is 2.33. The quantitative estimate of drug-likeness (QED) is 0.755. The Kier molecular flexibility index (Phi) is 5.15. The first-order valence-corrected chi connectivity index (χ1v) is 9.15. The second kappa shape index (κ2) is 7.10. The summed E-state index contributed by atoms with van der Waals surface area (Å²) in [6, 6.07) is 6.44. The fraction of sp³-hybridized carbons (Fsp3) is 0.600. The predicted molar refractivity (Wildman–Crippen MR) is 97.6 cm³/mol. The number of nitrogens with zero attached hydrogens (tertiary/aromatic N) is 3. The second-order valence-electron chi connectivity index (χ2n) is 8.50. The van der Waals surface area contributed by atoms with E-state index in [1.54, 1.807) is 11.0 Å². The van der Waals surface area contributed by atoms with Crippen LogP contribution in [0.15, 0.2) is 18.2 Å². The Hall–Kier alpha value is -2.17. The van der Waals surface area contributed by atoms with Gasteiger partial charge >= 0.3 is 6.09 Å². The lowest BCUT2D eigenvalue weighted by Crippen LogP contribution is -2.67. The van der Waals surface area contributed by atoms with E-state index in [9.17, 15) is 9.18 Å². The molecule has 1 amide bonds. The summed E-state index contributed by atoms with van der Waals surface area (Å²) in [7, 11) is 0. The van der Waals surface area contributed by atoms with Crippen molar-refractivity contribution >= 4 is 6.09 Å². The zero-order chi connectivity index (χ0) is 19.8. The molecule has 7 heteroatoms. The number of ether oxygens (including phenoxy) is 2. The lowest BCUT2D eigenvalue weighted by atomic mass is 9.93. The number of carbonyl (C=O) groups is 1. The van der Waals surface area contributed by atoms with Gasteiger partial charge in [-0.25, -0.2) is 9.18 Å². The van der Waals surface area contributed by atoms with Crippen LogP contribution in [-0.4, -0.2) is 59.8 Å². The number of amides is 1. The molecule has 2 aliphatic heterocycles. The molecule has 0 saturated carbocycles. The highest BCUT2D eigenvalue weighted by atomic mass is 19.1. The number of halogens is 1. The molecule has 0 bridgehead atoms. The number of benzene rings is 1. The normalized spacial score (nSPS) is 26.2. The van der Waals surface area contributed by atoms with Crippen molar-refractivity contribution in [2.45, 2.75) is 44.9 Å². The first-order chi connectivity index (χ1) is 12.6. The van der Waals surface area contributed by atoms with Crippen molar-refractivity contribution in [2.24, 2.45) is 0 Å². The molecule has 0 spiro atoms. The van der Waals surface area contributed by atoms with Gasteiger partial charge in [-0.2, -0.15) is 5.26 Å². The summed E-state index contributed by atoms with van der Waals surface area (Å²) < 4.78 is 25.5. The van der Waals surface area contributed by atoms with E-state index in [0.717, 1.165) is 5.56 Å². The number of nitriles is 1. The van der Waals surface area contributed by atoms with E-state index in [4.69, 9.17) is 14.7 Å². The molecule has 2 heterocycles. The summed E-state index contributed by atoms with van der Waals surface area (Å²) in [6.07, 6.45) is -0.562. The molecule has 0 N–H and O–H groups in total. The molecule has 2 saturated heterocycles. The number of piperazine rings is 1. The van der Waals surface area contributed by atoms with Crippen molar-refractivity contribution in [3.05, 3.63) is 35.1 Å². The summed E-state index contributed by atoms with van der Waals surface area (Å²) in [6.45, 7) is 10.5. The first kappa shape index (κ1) is 19.6. The zero-order valence-electron chi connectivity index (χ0n) is 16.3. The van der Waals surface area contributed by atoms with Gasteiger partial charge in [0.05, 0.1) is 23.8 Å². The third kappa shape index (κ3) is 4.23. The average Bonchev–Trinajstić information content (AvgIpc) is 2.59. The van der Waals surface area contributed by atoms with Crippen molar-refractivity contribution < 1.29 is 18.7 Å². The molecule has 1 aromatic rings. The van der Waals surface area contributed by atoms with Crippen LogP contribution < -0.4 is 0 Å². The minimum atomic E-state index is -0.526.